The summed E-state index contributed by atoms with van der Waals surface area (Å²) in [6.45, 7) is 0. The van der Waals surface area contributed by atoms with Crippen LogP contribution in [0.25, 0.3) is 0 Å². The van der Waals surface area contributed by atoms with Crippen LogP contribution in [-0.2, 0) is 6.18 Å². The van der Waals surface area contributed by atoms with E-state index in [2.05, 4.69) is 10.5 Å². The Kier molecular flexibility index (Phi) is 4.47. The summed E-state index contributed by atoms with van der Waals surface area (Å²) >= 11 is 5.80. The third-order valence-corrected chi connectivity index (χ3v) is 2.89. The van der Waals surface area contributed by atoms with Crippen LogP contribution in [0.4, 0.5) is 23.2 Å². The molecule has 0 unspecified atom stereocenters. The van der Waals surface area contributed by atoms with E-state index in [0.29, 0.717) is 5.56 Å². The Hall–Kier alpha value is -2.08. The molecule has 0 aliphatic heterocycles. The van der Waals surface area contributed by atoms with Gasteiger partial charge in [0.05, 0.1) is 22.5 Å². The molecule has 0 aliphatic carbocycles. The Morgan fingerprint density at radius 1 is 1.05 bits per heavy atom. The highest BCUT2D eigenvalue weighted by atomic mass is 35.5. The van der Waals surface area contributed by atoms with Gasteiger partial charge in [-0.1, -0.05) is 23.7 Å². The minimum absolute atomic E-state index is 0.0323. The van der Waals surface area contributed by atoms with Crippen LogP contribution in [0.3, 0.4) is 0 Å². The molecule has 2 aromatic carbocycles. The molecule has 0 aliphatic rings. The Bertz CT molecular complexity index is 651. The fraction of sp³-hybridized carbons (Fsp3) is 0.0714. The fourth-order valence-electron chi connectivity index (χ4n) is 1.51. The molecule has 0 atom stereocenters. The van der Waals surface area contributed by atoms with Crippen LogP contribution in [0.1, 0.15) is 11.1 Å². The number of alkyl halides is 3. The molecule has 0 fully saturated rings. The number of anilines is 1. The number of benzene rings is 2. The van der Waals surface area contributed by atoms with Gasteiger partial charge in [0, 0.05) is 0 Å². The molecule has 2 aromatic rings. The number of rotatable bonds is 3. The Morgan fingerprint density at radius 2 is 1.71 bits per heavy atom. The minimum atomic E-state index is -4.46. The Labute approximate surface area is 123 Å². The predicted molar refractivity (Wildman–Crippen MR) is 74.1 cm³/mol. The summed E-state index contributed by atoms with van der Waals surface area (Å²) in [5, 5.41) is 3.89. The molecule has 2 rings (SSSR count). The Balaban J connectivity index is 2.14. The molecule has 21 heavy (non-hydrogen) atoms. The summed E-state index contributed by atoms with van der Waals surface area (Å²) < 4.78 is 50.4. The zero-order valence-corrected chi connectivity index (χ0v) is 11.2. The molecule has 0 radical (unpaired) electrons. The maximum atomic E-state index is 12.7. The van der Waals surface area contributed by atoms with Crippen molar-refractivity contribution in [1.29, 1.82) is 0 Å². The molecular weight excluding hydrogens is 308 g/mol. The first kappa shape index (κ1) is 15.3. The summed E-state index contributed by atoms with van der Waals surface area (Å²) in [7, 11) is 0. The normalized spacial score (nSPS) is 11.9. The van der Waals surface area contributed by atoms with Crippen molar-refractivity contribution in [2.24, 2.45) is 5.10 Å². The van der Waals surface area contributed by atoms with Gasteiger partial charge in [0.2, 0.25) is 0 Å². The van der Waals surface area contributed by atoms with Crippen LogP contribution in [0, 0.1) is 5.82 Å². The van der Waals surface area contributed by atoms with E-state index in [4.69, 9.17) is 11.6 Å². The van der Waals surface area contributed by atoms with E-state index in [1.54, 1.807) is 0 Å². The van der Waals surface area contributed by atoms with Gasteiger partial charge >= 0.3 is 6.18 Å². The maximum absolute atomic E-state index is 12.7. The summed E-state index contributed by atoms with van der Waals surface area (Å²) in [6, 6.07) is 8.35. The molecule has 0 aromatic heterocycles. The lowest BCUT2D eigenvalue weighted by Gasteiger charge is -2.09. The van der Waals surface area contributed by atoms with Gasteiger partial charge in [-0.2, -0.15) is 18.3 Å². The second kappa shape index (κ2) is 6.13. The van der Waals surface area contributed by atoms with Crippen molar-refractivity contribution in [2.75, 3.05) is 5.43 Å². The number of hydrazone groups is 1. The third-order valence-electron chi connectivity index (χ3n) is 2.56. The van der Waals surface area contributed by atoms with Gasteiger partial charge in [-0.25, -0.2) is 4.39 Å². The van der Waals surface area contributed by atoms with Crippen LogP contribution < -0.4 is 5.43 Å². The number of halogens is 5. The van der Waals surface area contributed by atoms with Crippen molar-refractivity contribution < 1.29 is 17.6 Å². The zero-order chi connectivity index (χ0) is 15.5. The topological polar surface area (TPSA) is 24.4 Å². The van der Waals surface area contributed by atoms with Crippen molar-refractivity contribution in [3.63, 3.8) is 0 Å². The molecule has 7 heteroatoms. The summed E-state index contributed by atoms with van der Waals surface area (Å²) in [4.78, 5) is 0. The standard InChI is InChI=1S/C14H9ClF4N2/c15-12-6-3-10(14(17,18)19)7-13(12)21-20-8-9-1-4-11(16)5-2-9/h1-8,21H. The van der Waals surface area contributed by atoms with E-state index in [-0.39, 0.29) is 16.5 Å². The SMILES string of the molecule is Fc1ccc(C=NNc2cc(C(F)(F)F)ccc2Cl)cc1. The van der Waals surface area contributed by atoms with Gasteiger partial charge in [0.15, 0.2) is 0 Å². The maximum Gasteiger partial charge on any atom is 0.416 e. The largest absolute Gasteiger partial charge is 0.416 e. The number of hydrogen-bond acceptors (Lipinski definition) is 2. The molecule has 1 N–H and O–H groups in total. The monoisotopic (exact) mass is 316 g/mol. The van der Waals surface area contributed by atoms with E-state index >= 15 is 0 Å². The van der Waals surface area contributed by atoms with Crippen molar-refractivity contribution in [3.05, 3.63) is 64.4 Å². The molecular formula is C14H9ClF4N2. The molecule has 0 heterocycles. The smallest absolute Gasteiger partial charge is 0.277 e. The molecule has 0 saturated carbocycles. The predicted octanol–water partition coefficient (Wildman–Crippen LogP) is 4.94. The van der Waals surface area contributed by atoms with E-state index in [1.165, 1.54) is 30.5 Å². The molecule has 0 spiro atoms. The van der Waals surface area contributed by atoms with Crippen LogP contribution in [0.15, 0.2) is 47.6 Å². The van der Waals surface area contributed by atoms with Crippen LogP contribution in [0.5, 0.6) is 0 Å². The highest BCUT2D eigenvalue weighted by molar-refractivity contribution is 6.33. The second-order valence-corrected chi connectivity index (χ2v) is 4.52. The molecule has 0 saturated heterocycles. The summed E-state index contributed by atoms with van der Waals surface area (Å²) in [5.74, 6) is -0.388. The molecule has 0 amide bonds. The fourth-order valence-corrected chi connectivity index (χ4v) is 1.67. The van der Waals surface area contributed by atoms with Gasteiger partial charge in [0.25, 0.3) is 0 Å². The van der Waals surface area contributed by atoms with Gasteiger partial charge in [-0.15, -0.1) is 0 Å². The van der Waals surface area contributed by atoms with Crippen LogP contribution in [-0.4, -0.2) is 6.21 Å². The summed E-state index contributed by atoms with van der Waals surface area (Å²) in [5.41, 5.74) is 2.23. The highest BCUT2D eigenvalue weighted by Crippen LogP contribution is 2.33. The van der Waals surface area contributed by atoms with Crippen molar-refractivity contribution >= 4 is 23.5 Å². The first-order chi connectivity index (χ1) is 9.86. The number of nitrogens with zero attached hydrogens (tertiary/aromatic N) is 1. The van der Waals surface area contributed by atoms with Gasteiger partial charge in [-0.05, 0) is 35.9 Å². The highest BCUT2D eigenvalue weighted by Gasteiger charge is 2.30. The molecule has 2 nitrogen and oxygen atoms in total. The van der Waals surface area contributed by atoms with Crippen LogP contribution >= 0.6 is 11.6 Å². The minimum Gasteiger partial charge on any atom is -0.277 e. The first-order valence-corrected chi connectivity index (χ1v) is 6.15. The number of hydrogen-bond donors (Lipinski definition) is 1. The van der Waals surface area contributed by atoms with Crippen molar-refractivity contribution in [2.45, 2.75) is 6.18 Å². The van der Waals surface area contributed by atoms with E-state index in [9.17, 15) is 17.6 Å². The van der Waals surface area contributed by atoms with Gasteiger partial charge in [-0.3, -0.25) is 5.43 Å². The average Bonchev–Trinajstić information content (AvgIpc) is 2.42. The number of nitrogens with one attached hydrogen (secondary N) is 1. The zero-order valence-electron chi connectivity index (χ0n) is 10.5. The van der Waals surface area contributed by atoms with E-state index < -0.39 is 11.7 Å². The Morgan fingerprint density at radius 3 is 2.33 bits per heavy atom. The third kappa shape index (κ3) is 4.19. The first-order valence-electron chi connectivity index (χ1n) is 5.77. The second-order valence-electron chi connectivity index (χ2n) is 4.11. The average molecular weight is 317 g/mol. The lowest BCUT2D eigenvalue weighted by atomic mass is 10.2. The van der Waals surface area contributed by atoms with Gasteiger partial charge in [0.1, 0.15) is 5.82 Å². The van der Waals surface area contributed by atoms with E-state index in [0.717, 1.165) is 18.2 Å². The van der Waals surface area contributed by atoms with Crippen LogP contribution in [0.2, 0.25) is 5.02 Å². The van der Waals surface area contributed by atoms with Crippen molar-refractivity contribution in [3.8, 4) is 0 Å². The molecule has 110 valence electrons. The lowest BCUT2D eigenvalue weighted by Crippen LogP contribution is -2.05. The quantitative estimate of drug-likeness (QED) is 0.484. The summed E-state index contributed by atoms with van der Waals surface area (Å²) in [6.07, 6.45) is -3.11. The van der Waals surface area contributed by atoms with Crippen molar-refractivity contribution in [1.82, 2.24) is 0 Å². The molecule has 0 bridgehead atoms. The van der Waals surface area contributed by atoms with E-state index in [1.807, 2.05) is 0 Å². The van der Waals surface area contributed by atoms with Gasteiger partial charge < -0.3 is 0 Å². The lowest BCUT2D eigenvalue weighted by molar-refractivity contribution is -0.137.